The lowest BCUT2D eigenvalue weighted by atomic mass is 9.96. The summed E-state index contributed by atoms with van der Waals surface area (Å²) in [4.78, 5) is 29.1. The monoisotopic (exact) mass is 396 g/mol. The molecule has 7 nitrogen and oxygen atoms in total. The van der Waals surface area contributed by atoms with Crippen LogP contribution < -0.4 is 10.6 Å². The molecule has 0 spiro atoms. The lowest BCUT2D eigenvalue weighted by Crippen LogP contribution is -2.61. The largest absolute Gasteiger partial charge is 0.389 e. The van der Waals surface area contributed by atoms with Crippen LogP contribution in [-0.4, -0.2) is 76.8 Å². The van der Waals surface area contributed by atoms with Crippen LogP contribution in [0.1, 0.15) is 72.6 Å². The molecule has 1 saturated carbocycles. The molecule has 2 aliphatic rings. The Hall–Kier alpha value is -1.18. The van der Waals surface area contributed by atoms with Crippen LogP contribution in [0.25, 0.3) is 0 Å². The maximum atomic E-state index is 12.5. The summed E-state index contributed by atoms with van der Waals surface area (Å²) in [5, 5.41) is 15.7. The molecule has 0 bridgehead atoms. The van der Waals surface area contributed by atoms with Crippen molar-refractivity contribution in [3.63, 3.8) is 0 Å². The number of imide groups is 1. The van der Waals surface area contributed by atoms with Gasteiger partial charge in [0.25, 0.3) is 0 Å². The van der Waals surface area contributed by atoms with Gasteiger partial charge in [-0.15, -0.1) is 0 Å². The van der Waals surface area contributed by atoms with Gasteiger partial charge < -0.3 is 10.4 Å². The van der Waals surface area contributed by atoms with Gasteiger partial charge in [0.2, 0.25) is 5.91 Å². The fraction of sp³-hybridized carbons (Fsp3) is 0.905. The fourth-order valence-electron chi connectivity index (χ4n) is 4.55. The third kappa shape index (κ3) is 7.33. The Labute approximate surface area is 170 Å². The molecule has 3 amide bonds. The van der Waals surface area contributed by atoms with Crippen molar-refractivity contribution in [3.8, 4) is 0 Å². The molecule has 0 aromatic heterocycles. The molecule has 2 fully saturated rings. The Balaban J connectivity index is 1.87. The van der Waals surface area contributed by atoms with Gasteiger partial charge in [0.15, 0.2) is 0 Å². The smallest absolute Gasteiger partial charge is 0.321 e. The van der Waals surface area contributed by atoms with Crippen molar-refractivity contribution in [1.29, 1.82) is 0 Å². The summed E-state index contributed by atoms with van der Waals surface area (Å²) in [5.41, 5.74) is -0.734. The Bertz CT molecular complexity index is 514. The second kappa shape index (κ2) is 10.6. The number of β-amino-alcohol motifs (C(OH)–C–C–N with tert-alkyl or cyclic N) is 1. The summed E-state index contributed by atoms with van der Waals surface area (Å²) >= 11 is 0. The van der Waals surface area contributed by atoms with E-state index in [1.807, 2.05) is 13.8 Å². The first kappa shape index (κ1) is 23.1. The van der Waals surface area contributed by atoms with E-state index >= 15 is 0 Å². The first-order valence-electron chi connectivity index (χ1n) is 11.0. The maximum Gasteiger partial charge on any atom is 0.321 e. The molecule has 3 N–H and O–H groups in total. The van der Waals surface area contributed by atoms with E-state index in [1.165, 1.54) is 6.42 Å². The highest BCUT2D eigenvalue weighted by molar-refractivity contribution is 5.95. The molecule has 1 saturated heterocycles. The Morgan fingerprint density at radius 3 is 2.14 bits per heavy atom. The standard InChI is InChI=1S/C21H40N4O3/c1-5-17-13-25(15-21(3,4)28)18(6-2)12-24(17)14-19(26)23-20(27)22-16-10-8-7-9-11-16/h16-18,28H,5-15H2,1-4H3,(H2,22,23,26,27). The van der Waals surface area contributed by atoms with E-state index in [0.29, 0.717) is 12.6 Å². The zero-order valence-electron chi connectivity index (χ0n) is 18.2. The Morgan fingerprint density at radius 1 is 1.00 bits per heavy atom. The fourth-order valence-corrected chi connectivity index (χ4v) is 4.55. The molecule has 0 radical (unpaired) electrons. The molecule has 1 heterocycles. The summed E-state index contributed by atoms with van der Waals surface area (Å²) in [5.74, 6) is -0.238. The van der Waals surface area contributed by atoms with E-state index in [-0.39, 0.29) is 30.6 Å². The number of carbonyl (C=O) groups is 2. The van der Waals surface area contributed by atoms with Crippen LogP contribution >= 0.6 is 0 Å². The first-order chi connectivity index (χ1) is 13.2. The van der Waals surface area contributed by atoms with Crippen molar-refractivity contribution < 1.29 is 14.7 Å². The molecule has 162 valence electrons. The van der Waals surface area contributed by atoms with Crippen molar-refractivity contribution >= 4 is 11.9 Å². The number of piperazine rings is 1. The minimum Gasteiger partial charge on any atom is -0.389 e. The SMILES string of the molecule is CCC1CN(CC(C)(C)O)C(CC)CN1CC(=O)NC(=O)NC1CCCCC1. The Morgan fingerprint density at radius 2 is 1.57 bits per heavy atom. The van der Waals surface area contributed by atoms with Gasteiger partial charge in [-0.3, -0.25) is 19.9 Å². The summed E-state index contributed by atoms with van der Waals surface area (Å²) < 4.78 is 0. The second-order valence-electron chi connectivity index (χ2n) is 9.15. The number of nitrogens with zero attached hydrogens (tertiary/aromatic N) is 2. The van der Waals surface area contributed by atoms with Gasteiger partial charge in [-0.2, -0.15) is 0 Å². The minimum absolute atomic E-state index is 0.194. The highest BCUT2D eigenvalue weighted by atomic mass is 16.3. The minimum atomic E-state index is -0.734. The van der Waals surface area contributed by atoms with E-state index in [1.54, 1.807) is 0 Å². The number of rotatable bonds is 7. The van der Waals surface area contributed by atoms with E-state index in [0.717, 1.165) is 51.6 Å². The molecule has 2 rings (SSSR count). The molecule has 2 atom stereocenters. The van der Waals surface area contributed by atoms with E-state index < -0.39 is 5.60 Å². The van der Waals surface area contributed by atoms with Crippen molar-refractivity contribution in [2.45, 2.75) is 96.4 Å². The van der Waals surface area contributed by atoms with Gasteiger partial charge in [0.05, 0.1) is 12.1 Å². The molecule has 2 unspecified atom stereocenters. The number of hydrogen-bond acceptors (Lipinski definition) is 5. The molecule has 1 aliphatic carbocycles. The third-order valence-corrected chi connectivity index (χ3v) is 6.00. The summed E-state index contributed by atoms with van der Waals surface area (Å²) in [6, 6.07) is 0.382. The van der Waals surface area contributed by atoms with E-state index in [4.69, 9.17) is 0 Å². The van der Waals surface area contributed by atoms with Gasteiger partial charge in [0.1, 0.15) is 0 Å². The zero-order chi connectivity index (χ0) is 20.7. The number of amides is 3. The molecular weight excluding hydrogens is 356 g/mol. The average Bonchev–Trinajstić information content (AvgIpc) is 2.61. The number of carbonyl (C=O) groups excluding carboxylic acids is 2. The highest BCUT2D eigenvalue weighted by Crippen LogP contribution is 2.22. The molecule has 7 heteroatoms. The Kier molecular flexibility index (Phi) is 8.71. The van der Waals surface area contributed by atoms with Gasteiger partial charge in [-0.25, -0.2) is 4.79 Å². The van der Waals surface area contributed by atoms with Gasteiger partial charge in [0, 0.05) is 37.8 Å². The second-order valence-corrected chi connectivity index (χ2v) is 9.15. The molecule has 28 heavy (non-hydrogen) atoms. The molecule has 0 aromatic carbocycles. The van der Waals surface area contributed by atoms with Crippen molar-refractivity contribution in [1.82, 2.24) is 20.4 Å². The van der Waals surface area contributed by atoms with Crippen LogP contribution in [-0.2, 0) is 4.79 Å². The lowest BCUT2D eigenvalue weighted by Gasteiger charge is -2.47. The van der Waals surface area contributed by atoms with Crippen LogP contribution in [0.4, 0.5) is 4.79 Å². The van der Waals surface area contributed by atoms with Crippen LogP contribution in [0, 0.1) is 0 Å². The predicted octanol–water partition coefficient (Wildman–Crippen LogP) is 2.09. The zero-order valence-corrected chi connectivity index (χ0v) is 18.2. The number of aliphatic hydroxyl groups is 1. The normalized spacial score (nSPS) is 25.5. The van der Waals surface area contributed by atoms with Gasteiger partial charge >= 0.3 is 6.03 Å². The summed E-state index contributed by atoms with van der Waals surface area (Å²) in [7, 11) is 0. The van der Waals surface area contributed by atoms with Crippen LogP contribution in [0.3, 0.4) is 0 Å². The third-order valence-electron chi connectivity index (χ3n) is 6.00. The molecular formula is C21H40N4O3. The van der Waals surface area contributed by atoms with Gasteiger partial charge in [-0.1, -0.05) is 33.1 Å². The van der Waals surface area contributed by atoms with Crippen molar-refractivity contribution in [3.05, 3.63) is 0 Å². The highest BCUT2D eigenvalue weighted by Gasteiger charge is 2.35. The number of nitrogens with one attached hydrogen (secondary N) is 2. The lowest BCUT2D eigenvalue weighted by molar-refractivity contribution is -0.123. The van der Waals surface area contributed by atoms with Gasteiger partial charge in [-0.05, 0) is 39.5 Å². The maximum absolute atomic E-state index is 12.5. The first-order valence-corrected chi connectivity index (χ1v) is 11.0. The van der Waals surface area contributed by atoms with Crippen molar-refractivity contribution in [2.24, 2.45) is 0 Å². The molecule has 0 aromatic rings. The van der Waals surface area contributed by atoms with E-state index in [2.05, 4.69) is 34.3 Å². The average molecular weight is 397 g/mol. The number of urea groups is 1. The summed E-state index contributed by atoms with van der Waals surface area (Å²) in [6.07, 6.45) is 7.42. The quantitative estimate of drug-likeness (QED) is 0.614. The van der Waals surface area contributed by atoms with Crippen molar-refractivity contribution in [2.75, 3.05) is 26.2 Å². The van der Waals surface area contributed by atoms with Crippen LogP contribution in [0.5, 0.6) is 0 Å². The van der Waals surface area contributed by atoms with Crippen LogP contribution in [0.2, 0.25) is 0 Å². The number of hydrogen-bond donors (Lipinski definition) is 3. The topological polar surface area (TPSA) is 84.9 Å². The summed E-state index contributed by atoms with van der Waals surface area (Å²) in [6.45, 7) is 10.4. The molecule has 1 aliphatic heterocycles. The van der Waals surface area contributed by atoms with E-state index in [9.17, 15) is 14.7 Å². The van der Waals surface area contributed by atoms with Crippen LogP contribution in [0.15, 0.2) is 0 Å². The predicted molar refractivity (Wildman–Crippen MR) is 111 cm³/mol.